The molecule has 0 spiro atoms. The lowest BCUT2D eigenvalue weighted by Crippen LogP contribution is -2.13. The Bertz CT molecular complexity index is 921. The van der Waals surface area contributed by atoms with Crippen LogP contribution in [0.15, 0.2) is 69.8 Å². The van der Waals surface area contributed by atoms with Crippen LogP contribution in [0.2, 0.25) is 0 Å². The van der Waals surface area contributed by atoms with E-state index in [1.165, 1.54) is 6.26 Å². The van der Waals surface area contributed by atoms with Gasteiger partial charge in [0.15, 0.2) is 5.76 Å². The molecule has 0 saturated heterocycles. The second-order valence-electron chi connectivity index (χ2n) is 5.31. The summed E-state index contributed by atoms with van der Waals surface area (Å²) in [5.74, 6) is 0.204. The number of benzene rings is 2. The third-order valence-electron chi connectivity index (χ3n) is 3.56. The van der Waals surface area contributed by atoms with E-state index in [1.54, 1.807) is 61.7 Å². The van der Waals surface area contributed by atoms with Gasteiger partial charge in [0.1, 0.15) is 5.75 Å². The molecule has 0 aliphatic rings. The van der Waals surface area contributed by atoms with Crippen molar-refractivity contribution in [1.29, 1.82) is 0 Å². The smallest absolute Gasteiger partial charge is 0.291 e. The zero-order valence-corrected chi connectivity index (χ0v) is 15.4. The first-order chi connectivity index (χ1) is 12.6. The highest BCUT2D eigenvalue weighted by Crippen LogP contribution is 2.24. The highest BCUT2D eigenvalue weighted by molar-refractivity contribution is 9.10. The third-order valence-corrected chi connectivity index (χ3v) is 4.26. The molecular formula is C19H15BrN2O4. The molecular weight excluding hydrogens is 400 g/mol. The van der Waals surface area contributed by atoms with Crippen LogP contribution in [0, 0.1) is 0 Å². The molecule has 0 saturated carbocycles. The molecule has 1 aromatic heterocycles. The van der Waals surface area contributed by atoms with Crippen LogP contribution in [0.1, 0.15) is 20.9 Å². The molecule has 2 aromatic carbocycles. The summed E-state index contributed by atoms with van der Waals surface area (Å²) in [6, 6.07) is 15.2. The number of furan rings is 1. The van der Waals surface area contributed by atoms with Crippen molar-refractivity contribution in [3.05, 3.63) is 76.7 Å². The van der Waals surface area contributed by atoms with Crippen LogP contribution in [0.3, 0.4) is 0 Å². The predicted molar refractivity (Wildman–Crippen MR) is 102 cm³/mol. The molecule has 1 heterocycles. The molecule has 26 heavy (non-hydrogen) atoms. The number of anilines is 2. The van der Waals surface area contributed by atoms with Crippen LogP contribution in [0.5, 0.6) is 5.75 Å². The van der Waals surface area contributed by atoms with Crippen molar-refractivity contribution in [2.75, 3.05) is 17.7 Å². The van der Waals surface area contributed by atoms with Crippen LogP contribution < -0.4 is 15.4 Å². The van der Waals surface area contributed by atoms with E-state index in [4.69, 9.17) is 9.15 Å². The Morgan fingerprint density at radius 3 is 2.19 bits per heavy atom. The van der Waals surface area contributed by atoms with Gasteiger partial charge >= 0.3 is 0 Å². The second kappa shape index (κ2) is 7.88. The summed E-state index contributed by atoms with van der Waals surface area (Å²) in [6.45, 7) is 0. The van der Waals surface area contributed by atoms with Gasteiger partial charge < -0.3 is 19.8 Å². The Balaban J connectivity index is 1.67. The number of halogens is 1. The monoisotopic (exact) mass is 414 g/mol. The van der Waals surface area contributed by atoms with E-state index in [-0.39, 0.29) is 17.6 Å². The first kappa shape index (κ1) is 17.8. The lowest BCUT2D eigenvalue weighted by atomic mass is 10.2. The molecule has 0 bridgehead atoms. The SMILES string of the molecule is COc1ccc(Br)c(C(=O)Nc2ccc(NC(=O)c3ccco3)cc2)c1. The van der Waals surface area contributed by atoms with Crippen molar-refractivity contribution in [3.8, 4) is 5.75 Å². The van der Waals surface area contributed by atoms with Gasteiger partial charge in [-0.3, -0.25) is 9.59 Å². The number of nitrogens with one attached hydrogen (secondary N) is 2. The van der Waals surface area contributed by atoms with Gasteiger partial charge in [0.25, 0.3) is 11.8 Å². The second-order valence-corrected chi connectivity index (χ2v) is 6.16. The molecule has 132 valence electrons. The van der Waals surface area contributed by atoms with E-state index in [0.29, 0.717) is 27.2 Å². The fourth-order valence-corrected chi connectivity index (χ4v) is 2.67. The van der Waals surface area contributed by atoms with E-state index >= 15 is 0 Å². The maximum Gasteiger partial charge on any atom is 0.291 e. The van der Waals surface area contributed by atoms with Crippen molar-refractivity contribution in [2.45, 2.75) is 0 Å². The number of methoxy groups -OCH3 is 1. The van der Waals surface area contributed by atoms with Gasteiger partial charge in [0.2, 0.25) is 0 Å². The van der Waals surface area contributed by atoms with Crippen molar-refractivity contribution < 1.29 is 18.7 Å². The normalized spacial score (nSPS) is 10.2. The number of amides is 2. The zero-order chi connectivity index (χ0) is 18.5. The van der Waals surface area contributed by atoms with E-state index < -0.39 is 0 Å². The topological polar surface area (TPSA) is 80.6 Å². The van der Waals surface area contributed by atoms with E-state index in [0.717, 1.165) is 0 Å². The first-order valence-corrected chi connectivity index (χ1v) is 8.46. The largest absolute Gasteiger partial charge is 0.497 e. The molecule has 0 atom stereocenters. The quantitative estimate of drug-likeness (QED) is 0.641. The van der Waals surface area contributed by atoms with Crippen LogP contribution in [0.25, 0.3) is 0 Å². The maximum atomic E-state index is 12.4. The van der Waals surface area contributed by atoms with Crippen molar-refractivity contribution in [3.63, 3.8) is 0 Å². The fraction of sp³-hybridized carbons (Fsp3) is 0.0526. The standard InChI is InChI=1S/C19H15BrN2O4/c1-25-14-8-9-16(20)15(11-14)18(23)21-12-4-6-13(7-5-12)22-19(24)17-3-2-10-26-17/h2-11H,1H3,(H,21,23)(H,22,24). The van der Waals surface area contributed by atoms with Gasteiger partial charge in [-0.2, -0.15) is 0 Å². The Morgan fingerprint density at radius 2 is 1.62 bits per heavy atom. The summed E-state index contributed by atoms with van der Waals surface area (Å²) in [7, 11) is 1.54. The van der Waals surface area contributed by atoms with Crippen LogP contribution in [-0.4, -0.2) is 18.9 Å². The summed E-state index contributed by atoms with van der Waals surface area (Å²) in [6.07, 6.45) is 1.43. The summed E-state index contributed by atoms with van der Waals surface area (Å²) in [5, 5.41) is 5.51. The van der Waals surface area contributed by atoms with Gasteiger partial charge in [-0.05, 0) is 70.5 Å². The molecule has 0 fully saturated rings. The Labute approximate surface area is 158 Å². The highest BCUT2D eigenvalue weighted by Gasteiger charge is 2.12. The molecule has 0 radical (unpaired) electrons. The minimum atomic E-state index is -0.341. The lowest BCUT2D eigenvalue weighted by Gasteiger charge is -2.09. The number of rotatable bonds is 5. The molecule has 0 aliphatic heterocycles. The number of hydrogen-bond donors (Lipinski definition) is 2. The minimum absolute atomic E-state index is 0.227. The molecule has 7 heteroatoms. The van der Waals surface area contributed by atoms with Crippen molar-refractivity contribution >= 4 is 39.1 Å². The minimum Gasteiger partial charge on any atom is -0.497 e. The van der Waals surface area contributed by atoms with Gasteiger partial charge in [-0.15, -0.1) is 0 Å². The van der Waals surface area contributed by atoms with E-state index in [1.807, 2.05) is 0 Å². The first-order valence-electron chi connectivity index (χ1n) is 7.66. The number of carbonyl (C=O) groups is 2. The zero-order valence-electron chi connectivity index (χ0n) is 13.8. The molecule has 3 rings (SSSR count). The van der Waals surface area contributed by atoms with Crippen molar-refractivity contribution in [1.82, 2.24) is 0 Å². The molecule has 2 N–H and O–H groups in total. The van der Waals surface area contributed by atoms with Crippen LogP contribution in [0.4, 0.5) is 11.4 Å². The number of hydrogen-bond acceptors (Lipinski definition) is 4. The molecule has 0 unspecified atom stereocenters. The Morgan fingerprint density at radius 1 is 0.962 bits per heavy atom. The van der Waals surface area contributed by atoms with Crippen LogP contribution in [-0.2, 0) is 0 Å². The summed E-state index contributed by atoms with van der Waals surface area (Å²) < 4.78 is 10.8. The number of carbonyl (C=O) groups excluding carboxylic acids is 2. The van der Waals surface area contributed by atoms with Gasteiger partial charge in [0, 0.05) is 15.8 Å². The maximum absolute atomic E-state index is 12.4. The summed E-state index contributed by atoms with van der Waals surface area (Å²) >= 11 is 3.36. The molecule has 6 nitrogen and oxygen atoms in total. The van der Waals surface area contributed by atoms with E-state index in [9.17, 15) is 9.59 Å². The Kier molecular flexibility index (Phi) is 5.38. The van der Waals surface area contributed by atoms with Gasteiger partial charge in [0.05, 0.1) is 18.9 Å². The van der Waals surface area contributed by atoms with Gasteiger partial charge in [-0.1, -0.05) is 0 Å². The Hall–Kier alpha value is -3.06. The predicted octanol–water partition coefficient (Wildman–Crippen LogP) is 4.56. The highest BCUT2D eigenvalue weighted by atomic mass is 79.9. The lowest BCUT2D eigenvalue weighted by molar-refractivity contribution is 0.0994. The summed E-state index contributed by atoms with van der Waals surface area (Å²) in [4.78, 5) is 24.4. The molecule has 3 aromatic rings. The molecule has 2 amide bonds. The van der Waals surface area contributed by atoms with Crippen molar-refractivity contribution in [2.24, 2.45) is 0 Å². The third kappa shape index (κ3) is 4.12. The fourth-order valence-electron chi connectivity index (χ4n) is 2.24. The van der Waals surface area contributed by atoms with Crippen LogP contribution >= 0.6 is 15.9 Å². The van der Waals surface area contributed by atoms with Gasteiger partial charge in [-0.25, -0.2) is 0 Å². The summed E-state index contributed by atoms with van der Waals surface area (Å²) in [5.41, 5.74) is 1.65. The number of ether oxygens (including phenoxy) is 1. The molecule has 0 aliphatic carbocycles. The average Bonchev–Trinajstić information content (AvgIpc) is 3.18. The average molecular weight is 415 g/mol. The van der Waals surface area contributed by atoms with E-state index in [2.05, 4.69) is 26.6 Å².